The van der Waals surface area contributed by atoms with Crippen LogP contribution in [0, 0.1) is 0 Å². The van der Waals surface area contributed by atoms with Crippen molar-refractivity contribution in [1.29, 1.82) is 0 Å². The van der Waals surface area contributed by atoms with Gasteiger partial charge in [0.2, 0.25) is 5.91 Å². The molecule has 1 saturated heterocycles. The Balaban J connectivity index is 1.91. The number of hydrogen-bond acceptors (Lipinski definition) is 5. The Morgan fingerprint density at radius 3 is 2.87 bits per heavy atom. The second-order valence-electron chi connectivity index (χ2n) is 3.47. The van der Waals surface area contributed by atoms with E-state index in [2.05, 4.69) is 15.6 Å². The lowest BCUT2D eigenvalue weighted by molar-refractivity contribution is -0.132. The summed E-state index contributed by atoms with van der Waals surface area (Å²) in [5.41, 5.74) is 5.40. The zero-order chi connectivity index (χ0) is 10.7. The van der Waals surface area contributed by atoms with Gasteiger partial charge in [0.25, 0.3) is 0 Å². The van der Waals surface area contributed by atoms with Gasteiger partial charge in [0.1, 0.15) is 6.54 Å². The van der Waals surface area contributed by atoms with Gasteiger partial charge in [-0.1, -0.05) is 5.21 Å². The number of nitrogens with two attached hydrogens (primary N) is 1. The maximum Gasteiger partial charge on any atom is 0.244 e. The number of amides is 1. The highest BCUT2D eigenvalue weighted by Gasteiger charge is 2.16. The predicted molar refractivity (Wildman–Crippen MR) is 53.9 cm³/mol. The summed E-state index contributed by atoms with van der Waals surface area (Å²) < 4.78 is 1.46. The first-order chi connectivity index (χ1) is 7.25. The lowest BCUT2D eigenvalue weighted by atomic mass is 10.3. The minimum Gasteiger partial charge on any atom is -0.381 e. The van der Waals surface area contributed by atoms with Gasteiger partial charge in [0.05, 0.1) is 6.20 Å². The first-order valence-corrected chi connectivity index (χ1v) is 4.90. The number of nitrogens with zero attached hydrogens (tertiary/aromatic N) is 4. The van der Waals surface area contributed by atoms with Crippen LogP contribution < -0.4 is 11.1 Å². The third kappa shape index (κ3) is 2.44. The highest BCUT2D eigenvalue weighted by atomic mass is 16.2. The maximum atomic E-state index is 11.7. The van der Waals surface area contributed by atoms with Crippen LogP contribution in [0.2, 0.25) is 0 Å². The number of piperazine rings is 1. The van der Waals surface area contributed by atoms with Crippen molar-refractivity contribution >= 4 is 11.7 Å². The minimum atomic E-state index is 0.0569. The Hall–Kier alpha value is -1.63. The third-order valence-electron chi connectivity index (χ3n) is 2.32. The Labute approximate surface area is 87.2 Å². The Bertz CT molecular complexity index is 343. The molecular weight excluding hydrogens is 196 g/mol. The van der Waals surface area contributed by atoms with E-state index in [0.717, 1.165) is 26.2 Å². The number of anilines is 1. The average Bonchev–Trinajstić information content (AvgIpc) is 2.65. The topological polar surface area (TPSA) is 89.1 Å². The summed E-state index contributed by atoms with van der Waals surface area (Å²) in [4.78, 5) is 13.6. The molecule has 2 heterocycles. The van der Waals surface area contributed by atoms with E-state index in [1.807, 2.05) is 4.90 Å². The third-order valence-corrected chi connectivity index (χ3v) is 2.32. The normalized spacial score (nSPS) is 16.7. The van der Waals surface area contributed by atoms with Crippen molar-refractivity contribution in [3.63, 3.8) is 0 Å². The molecule has 1 amide bonds. The number of aromatic nitrogens is 3. The molecule has 1 aliphatic heterocycles. The Kier molecular flexibility index (Phi) is 2.82. The van der Waals surface area contributed by atoms with Gasteiger partial charge < -0.3 is 16.0 Å². The van der Waals surface area contributed by atoms with E-state index in [4.69, 9.17) is 5.73 Å². The van der Waals surface area contributed by atoms with Gasteiger partial charge in [-0.05, 0) is 0 Å². The molecule has 0 atom stereocenters. The van der Waals surface area contributed by atoms with Gasteiger partial charge in [-0.2, -0.15) is 0 Å². The number of nitrogens with one attached hydrogen (secondary N) is 1. The lowest BCUT2D eigenvalue weighted by Gasteiger charge is -2.27. The van der Waals surface area contributed by atoms with Gasteiger partial charge in [0.15, 0.2) is 5.82 Å². The molecule has 1 aromatic heterocycles. The van der Waals surface area contributed by atoms with Crippen LogP contribution in [0.15, 0.2) is 6.20 Å². The summed E-state index contributed by atoms with van der Waals surface area (Å²) in [6, 6.07) is 0. The number of rotatable bonds is 2. The van der Waals surface area contributed by atoms with Crippen LogP contribution in [0.25, 0.3) is 0 Å². The number of carbonyl (C=O) groups excluding carboxylic acids is 1. The molecule has 82 valence electrons. The molecule has 7 nitrogen and oxygen atoms in total. The van der Waals surface area contributed by atoms with Crippen LogP contribution in [-0.4, -0.2) is 52.0 Å². The quantitative estimate of drug-likeness (QED) is 0.607. The molecule has 0 aromatic carbocycles. The zero-order valence-corrected chi connectivity index (χ0v) is 8.39. The van der Waals surface area contributed by atoms with Gasteiger partial charge in [-0.3, -0.25) is 4.79 Å². The Morgan fingerprint density at radius 1 is 1.53 bits per heavy atom. The molecule has 0 aliphatic carbocycles. The molecule has 7 heteroatoms. The summed E-state index contributed by atoms with van der Waals surface area (Å²) in [6.07, 6.45) is 1.56. The predicted octanol–water partition coefficient (Wildman–Crippen LogP) is -1.71. The van der Waals surface area contributed by atoms with Crippen LogP contribution in [-0.2, 0) is 11.3 Å². The summed E-state index contributed by atoms with van der Waals surface area (Å²) >= 11 is 0. The molecule has 15 heavy (non-hydrogen) atoms. The first-order valence-electron chi connectivity index (χ1n) is 4.90. The van der Waals surface area contributed by atoms with Crippen molar-refractivity contribution in [2.45, 2.75) is 6.54 Å². The number of nitrogen functional groups attached to an aromatic ring is 1. The number of carbonyl (C=O) groups is 1. The summed E-state index contributed by atoms with van der Waals surface area (Å²) in [7, 11) is 0. The standard InChI is InChI=1S/C8H14N6O/c9-7-5-14(12-11-7)6-8(15)13-3-1-10-2-4-13/h5,10H,1-4,6,9H2. The van der Waals surface area contributed by atoms with Crippen molar-refractivity contribution in [3.05, 3.63) is 6.20 Å². The van der Waals surface area contributed by atoms with E-state index in [1.165, 1.54) is 4.68 Å². The van der Waals surface area contributed by atoms with E-state index in [9.17, 15) is 4.79 Å². The summed E-state index contributed by atoms with van der Waals surface area (Å²) in [5, 5.41) is 10.5. The molecule has 1 aliphatic rings. The fourth-order valence-electron chi connectivity index (χ4n) is 1.54. The summed E-state index contributed by atoms with van der Waals surface area (Å²) in [5.74, 6) is 0.393. The highest BCUT2D eigenvalue weighted by molar-refractivity contribution is 5.76. The molecule has 1 fully saturated rings. The molecule has 0 saturated carbocycles. The number of hydrogen-bond donors (Lipinski definition) is 2. The van der Waals surface area contributed by atoms with Gasteiger partial charge in [-0.25, -0.2) is 4.68 Å². The molecular formula is C8H14N6O. The molecule has 0 unspecified atom stereocenters. The van der Waals surface area contributed by atoms with E-state index in [-0.39, 0.29) is 12.5 Å². The molecule has 0 bridgehead atoms. The van der Waals surface area contributed by atoms with E-state index >= 15 is 0 Å². The maximum absolute atomic E-state index is 11.7. The highest BCUT2D eigenvalue weighted by Crippen LogP contribution is 1.98. The van der Waals surface area contributed by atoms with Crippen molar-refractivity contribution < 1.29 is 4.79 Å². The van der Waals surface area contributed by atoms with Crippen LogP contribution >= 0.6 is 0 Å². The molecule has 3 N–H and O–H groups in total. The van der Waals surface area contributed by atoms with Crippen LogP contribution in [0.4, 0.5) is 5.82 Å². The van der Waals surface area contributed by atoms with Crippen molar-refractivity contribution in [2.24, 2.45) is 0 Å². The minimum absolute atomic E-state index is 0.0569. The fourth-order valence-corrected chi connectivity index (χ4v) is 1.54. The molecule has 0 radical (unpaired) electrons. The molecule has 1 aromatic rings. The van der Waals surface area contributed by atoms with E-state index in [1.54, 1.807) is 6.20 Å². The average molecular weight is 210 g/mol. The van der Waals surface area contributed by atoms with Crippen molar-refractivity contribution in [2.75, 3.05) is 31.9 Å². The molecule has 0 spiro atoms. The van der Waals surface area contributed by atoms with E-state index < -0.39 is 0 Å². The second-order valence-corrected chi connectivity index (χ2v) is 3.47. The largest absolute Gasteiger partial charge is 0.381 e. The van der Waals surface area contributed by atoms with Gasteiger partial charge >= 0.3 is 0 Å². The molecule has 2 rings (SSSR count). The van der Waals surface area contributed by atoms with Crippen LogP contribution in [0.3, 0.4) is 0 Å². The first kappa shape index (κ1) is 9.91. The lowest BCUT2D eigenvalue weighted by Crippen LogP contribution is -2.47. The zero-order valence-electron chi connectivity index (χ0n) is 8.39. The van der Waals surface area contributed by atoms with Crippen molar-refractivity contribution in [3.8, 4) is 0 Å². The fraction of sp³-hybridized carbons (Fsp3) is 0.625. The van der Waals surface area contributed by atoms with Crippen LogP contribution in [0.1, 0.15) is 0 Å². The van der Waals surface area contributed by atoms with E-state index in [0.29, 0.717) is 5.82 Å². The monoisotopic (exact) mass is 210 g/mol. The van der Waals surface area contributed by atoms with Gasteiger partial charge in [-0.15, -0.1) is 5.10 Å². The summed E-state index contributed by atoms with van der Waals surface area (Å²) in [6.45, 7) is 3.42. The van der Waals surface area contributed by atoms with Crippen molar-refractivity contribution in [1.82, 2.24) is 25.2 Å². The Morgan fingerprint density at radius 2 is 2.27 bits per heavy atom. The van der Waals surface area contributed by atoms with Crippen LogP contribution in [0.5, 0.6) is 0 Å². The SMILES string of the molecule is Nc1cn(CC(=O)N2CCNCC2)nn1. The second kappa shape index (κ2) is 4.26. The smallest absolute Gasteiger partial charge is 0.244 e. The van der Waals surface area contributed by atoms with Gasteiger partial charge in [0, 0.05) is 26.2 Å².